The maximum atomic E-state index is 15.2. The van der Waals surface area contributed by atoms with Crippen molar-refractivity contribution in [3.05, 3.63) is 35.9 Å². The van der Waals surface area contributed by atoms with E-state index in [9.17, 15) is 0 Å². The van der Waals surface area contributed by atoms with E-state index in [0.29, 0.717) is 28.5 Å². The van der Waals surface area contributed by atoms with E-state index >= 15 is 8.78 Å². The minimum Gasteiger partial charge on any atom is -0.490 e. The predicted molar refractivity (Wildman–Crippen MR) is 126 cm³/mol. The lowest BCUT2D eigenvalue weighted by Crippen LogP contribution is -2.20. The van der Waals surface area contributed by atoms with Crippen LogP contribution in [0, 0.1) is 23.5 Å². The van der Waals surface area contributed by atoms with Gasteiger partial charge in [0.05, 0.1) is 22.6 Å². The van der Waals surface area contributed by atoms with Crippen molar-refractivity contribution in [3.8, 4) is 11.5 Å². The fourth-order valence-electron chi connectivity index (χ4n) is 4.57. The lowest BCUT2D eigenvalue weighted by atomic mass is 9.81. The smallest absolute Gasteiger partial charge is 0.182 e. The van der Waals surface area contributed by atoms with Gasteiger partial charge in [-0.1, -0.05) is 46.0 Å². The van der Waals surface area contributed by atoms with E-state index in [1.807, 2.05) is 12.1 Å². The van der Waals surface area contributed by atoms with Crippen molar-refractivity contribution in [2.24, 2.45) is 11.8 Å². The van der Waals surface area contributed by atoms with Crippen LogP contribution < -0.4 is 9.47 Å². The summed E-state index contributed by atoms with van der Waals surface area (Å²) in [4.78, 5) is 0. The summed E-state index contributed by atoms with van der Waals surface area (Å²) in [5.74, 6) is 1.06. The highest BCUT2D eigenvalue weighted by molar-refractivity contribution is 7.25. The van der Waals surface area contributed by atoms with Crippen molar-refractivity contribution in [3.63, 3.8) is 0 Å². The first-order chi connectivity index (χ1) is 15.1. The van der Waals surface area contributed by atoms with Gasteiger partial charge in [-0.3, -0.25) is 0 Å². The van der Waals surface area contributed by atoms with Gasteiger partial charge in [0.15, 0.2) is 23.1 Å². The largest absolute Gasteiger partial charge is 0.490 e. The summed E-state index contributed by atoms with van der Waals surface area (Å²) >= 11 is 1.14. The van der Waals surface area contributed by atoms with Crippen molar-refractivity contribution >= 4 is 31.5 Å². The van der Waals surface area contributed by atoms with Gasteiger partial charge in [0.2, 0.25) is 0 Å². The van der Waals surface area contributed by atoms with Crippen LogP contribution in [0.15, 0.2) is 24.3 Å². The summed E-state index contributed by atoms with van der Waals surface area (Å²) < 4.78 is 42.7. The Morgan fingerprint density at radius 2 is 1.39 bits per heavy atom. The van der Waals surface area contributed by atoms with Crippen molar-refractivity contribution in [2.75, 3.05) is 13.2 Å². The van der Waals surface area contributed by atoms with Crippen molar-refractivity contribution in [2.45, 2.75) is 65.2 Å². The predicted octanol–water partition coefficient (Wildman–Crippen LogP) is 8.50. The van der Waals surface area contributed by atoms with Crippen LogP contribution in [0.2, 0.25) is 0 Å². The molecule has 5 heteroatoms. The Morgan fingerprint density at radius 3 is 1.97 bits per heavy atom. The molecule has 0 bridgehead atoms. The molecule has 0 saturated heterocycles. The second kappa shape index (κ2) is 10.2. The number of unbranched alkanes of at least 4 members (excludes halogenated alkanes) is 2. The number of benzene rings is 2. The van der Waals surface area contributed by atoms with Crippen LogP contribution in [0.5, 0.6) is 11.5 Å². The fraction of sp³-hybridized carbons (Fsp3) is 0.538. The Morgan fingerprint density at radius 1 is 0.806 bits per heavy atom. The first kappa shape index (κ1) is 22.3. The molecule has 1 aliphatic rings. The molecule has 1 fully saturated rings. The Hall–Kier alpha value is -1.88. The SMILES string of the molecule is CCCCCOc1ccc2c(sc3c(F)c(OC[C@H]4CC[C@H](CC)CC4)ccc32)c1F. The zero-order valence-electron chi connectivity index (χ0n) is 18.5. The van der Waals surface area contributed by atoms with Crippen LogP contribution in [0.4, 0.5) is 8.78 Å². The summed E-state index contributed by atoms with van der Waals surface area (Å²) in [5.41, 5.74) is 0. The lowest BCUT2D eigenvalue weighted by Gasteiger charge is -2.27. The molecule has 0 aliphatic heterocycles. The molecule has 1 aromatic heterocycles. The summed E-state index contributed by atoms with van der Waals surface area (Å²) in [6, 6.07) is 7.03. The Labute approximate surface area is 187 Å². The van der Waals surface area contributed by atoms with Crippen LogP contribution in [-0.2, 0) is 0 Å². The van der Waals surface area contributed by atoms with Gasteiger partial charge in [-0.15, -0.1) is 11.3 Å². The van der Waals surface area contributed by atoms with E-state index in [4.69, 9.17) is 9.47 Å². The zero-order chi connectivity index (χ0) is 21.8. The van der Waals surface area contributed by atoms with Gasteiger partial charge in [-0.05, 0) is 55.4 Å². The molecule has 2 aromatic carbocycles. The number of thiophene rings is 1. The molecule has 0 unspecified atom stereocenters. The third-order valence-corrected chi connectivity index (χ3v) is 7.85. The van der Waals surface area contributed by atoms with Gasteiger partial charge in [-0.2, -0.15) is 0 Å². The van der Waals surface area contributed by atoms with Crippen LogP contribution in [-0.4, -0.2) is 13.2 Å². The highest BCUT2D eigenvalue weighted by atomic mass is 32.1. The Kier molecular flexibility index (Phi) is 7.31. The quantitative estimate of drug-likeness (QED) is 0.307. The van der Waals surface area contributed by atoms with Gasteiger partial charge in [0, 0.05) is 10.8 Å². The monoisotopic (exact) mass is 446 g/mol. The second-order valence-corrected chi connectivity index (χ2v) is 9.79. The van der Waals surface area contributed by atoms with Gasteiger partial charge in [-0.25, -0.2) is 8.78 Å². The molecule has 3 aromatic rings. The molecule has 0 N–H and O–H groups in total. The molecule has 4 rings (SSSR count). The molecule has 0 spiro atoms. The molecule has 168 valence electrons. The summed E-state index contributed by atoms with van der Waals surface area (Å²) in [6.45, 7) is 5.41. The highest BCUT2D eigenvalue weighted by Crippen LogP contribution is 2.42. The van der Waals surface area contributed by atoms with E-state index in [2.05, 4.69) is 13.8 Å². The molecule has 0 atom stereocenters. The Bertz CT molecular complexity index is 1020. The number of hydrogen-bond donors (Lipinski definition) is 0. The summed E-state index contributed by atoms with van der Waals surface area (Å²) in [6.07, 6.45) is 9.07. The van der Waals surface area contributed by atoms with E-state index in [1.54, 1.807) is 12.1 Å². The number of hydrogen-bond acceptors (Lipinski definition) is 3. The van der Waals surface area contributed by atoms with Crippen LogP contribution in [0.25, 0.3) is 20.2 Å². The number of fused-ring (bicyclic) bond motifs is 3. The van der Waals surface area contributed by atoms with Crippen molar-refractivity contribution < 1.29 is 18.3 Å². The molecule has 1 saturated carbocycles. The summed E-state index contributed by atoms with van der Waals surface area (Å²) in [5, 5.41) is 1.45. The van der Waals surface area contributed by atoms with E-state index < -0.39 is 5.82 Å². The van der Waals surface area contributed by atoms with Crippen LogP contribution >= 0.6 is 11.3 Å². The van der Waals surface area contributed by atoms with Gasteiger partial charge >= 0.3 is 0 Å². The third-order valence-electron chi connectivity index (χ3n) is 6.64. The highest BCUT2D eigenvalue weighted by Gasteiger charge is 2.22. The van der Waals surface area contributed by atoms with Crippen LogP contribution in [0.1, 0.15) is 65.2 Å². The fourth-order valence-corrected chi connectivity index (χ4v) is 5.73. The number of rotatable bonds is 9. The maximum Gasteiger partial charge on any atom is 0.182 e. The van der Waals surface area contributed by atoms with E-state index in [0.717, 1.165) is 60.1 Å². The summed E-state index contributed by atoms with van der Waals surface area (Å²) in [7, 11) is 0. The molecule has 0 radical (unpaired) electrons. The van der Waals surface area contributed by atoms with Crippen molar-refractivity contribution in [1.29, 1.82) is 0 Å². The molecule has 31 heavy (non-hydrogen) atoms. The topological polar surface area (TPSA) is 18.5 Å². The average molecular weight is 447 g/mol. The molecular formula is C26H32F2O2S. The standard InChI is InChI=1S/C26H32F2O2S/c1-3-5-6-15-29-21-13-11-19-20-12-14-22(24(28)26(20)31-25(19)23(21)27)30-16-18-9-7-17(4-2)8-10-18/h11-14,17-18H,3-10,15-16H2,1-2H3/t17-,18-. The molecule has 1 aliphatic carbocycles. The third kappa shape index (κ3) is 4.82. The number of halogens is 2. The number of ether oxygens (including phenoxy) is 2. The van der Waals surface area contributed by atoms with Crippen molar-refractivity contribution in [1.82, 2.24) is 0 Å². The van der Waals surface area contributed by atoms with E-state index in [-0.39, 0.29) is 17.3 Å². The first-order valence-corrected chi connectivity index (χ1v) is 12.5. The second-order valence-electron chi connectivity index (χ2n) is 8.77. The van der Waals surface area contributed by atoms with Crippen LogP contribution in [0.3, 0.4) is 0 Å². The first-order valence-electron chi connectivity index (χ1n) is 11.7. The van der Waals surface area contributed by atoms with E-state index in [1.165, 1.54) is 19.3 Å². The zero-order valence-corrected chi connectivity index (χ0v) is 19.3. The minimum absolute atomic E-state index is 0.245. The lowest BCUT2D eigenvalue weighted by molar-refractivity contribution is 0.177. The average Bonchev–Trinajstić information content (AvgIpc) is 3.18. The minimum atomic E-state index is -0.398. The van der Waals surface area contributed by atoms with Gasteiger partial charge in [0.25, 0.3) is 0 Å². The molecule has 1 heterocycles. The van der Waals surface area contributed by atoms with Gasteiger partial charge < -0.3 is 9.47 Å². The van der Waals surface area contributed by atoms with Gasteiger partial charge in [0.1, 0.15) is 0 Å². The molecule has 0 amide bonds. The molecule has 2 nitrogen and oxygen atoms in total. The normalized spacial score (nSPS) is 19.2. The Balaban J connectivity index is 1.51. The molecular weight excluding hydrogens is 414 g/mol. The maximum absolute atomic E-state index is 15.2.